The highest BCUT2D eigenvalue weighted by molar-refractivity contribution is 5.74. The van der Waals surface area contributed by atoms with Crippen molar-refractivity contribution in [3.63, 3.8) is 0 Å². The van der Waals surface area contributed by atoms with E-state index >= 15 is 0 Å². The van der Waals surface area contributed by atoms with Crippen molar-refractivity contribution < 1.29 is 17.9 Å². The molecule has 0 bridgehead atoms. The summed E-state index contributed by atoms with van der Waals surface area (Å²) in [7, 11) is 3.26. The van der Waals surface area contributed by atoms with E-state index in [-0.39, 0.29) is 11.6 Å². The molecule has 0 aliphatic rings. The summed E-state index contributed by atoms with van der Waals surface area (Å²) in [6.07, 6.45) is -4.41. The summed E-state index contributed by atoms with van der Waals surface area (Å²) in [6.45, 7) is 1.95. The van der Waals surface area contributed by atoms with E-state index in [9.17, 15) is 13.2 Å². The lowest BCUT2D eigenvalue weighted by atomic mass is 9.95. The number of rotatable bonds is 4. The second-order valence-electron chi connectivity index (χ2n) is 5.01. The van der Waals surface area contributed by atoms with Crippen LogP contribution in [0, 0.1) is 0 Å². The number of nitrogens with one attached hydrogen (secondary N) is 1. The van der Waals surface area contributed by atoms with E-state index in [1.54, 1.807) is 25.2 Å². The third-order valence-corrected chi connectivity index (χ3v) is 3.68. The first-order valence-corrected chi connectivity index (χ1v) is 6.90. The van der Waals surface area contributed by atoms with E-state index in [2.05, 4.69) is 5.32 Å². The van der Waals surface area contributed by atoms with Gasteiger partial charge in [0.05, 0.1) is 12.7 Å². The molecule has 1 atom stereocenters. The lowest BCUT2D eigenvalue weighted by Crippen LogP contribution is -2.12. The number of alkyl halides is 3. The maximum Gasteiger partial charge on any atom is 0.417 e. The van der Waals surface area contributed by atoms with Gasteiger partial charge in [-0.05, 0) is 43.3 Å². The van der Waals surface area contributed by atoms with Crippen LogP contribution in [0.15, 0.2) is 42.5 Å². The van der Waals surface area contributed by atoms with Crippen LogP contribution in [0.1, 0.15) is 24.1 Å². The molecule has 118 valence electrons. The van der Waals surface area contributed by atoms with E-state index in [0.717, 1.165) is 11.6 Å². The smallest absolute Gasteiger partial charge is 0.417 e. The molecular formula is C17H18F3NO. The lowest BCUT2D eigenvalue weighted by Gasteiger charge is -2.18. The number of ether oxygens (including phenoxy) is 1. The van der Waals surface area contributed by atoms with E-state index in [4.69, 9.17) is 4.74 Å². The second kappa shape index (κ2) is 6.40. The second-order valence-corrected chi connectivity index (χ2v) is 5.01. The van der Waals surface area contributed by atoms with E-state index in [1.807, 2.05) is 13.0 Å². The Morgan fingerprint density at radius 2 is 1.73 bits per heavy atom. The summed E-state index contributed by atoms with van der Waals surface area (Å²) in [6, 6.07) is 10.9. The van der Waals surface area contributed by atoms with Crippen molar-refractivity contribution in [2.24, 2.45) is 0 Å². The fraction of sp³-hybridized carbons (Fsp3) is 0.294. The van der Waals surface area contributed by atoms with Crippen molar-refractivity contribution in [1.82, 2.24) is 5.32 Å². The molecule has 0 aromatic heterocycles. The van der Waals surface area contributed by atoms with E-state index in [0.29, 0.717) is 11.3 Å². The number of benzene rings is 2. The molecule has 0 saturated carbocycles. The number of hydrogen-bond donors (Lipinski definition) is 1. The Balaban J connectivity index is 2.66. The van der Waals surface area contributed by atoms with Gasteiger partial charge in [0.25, 0.3) is 0 Å². The van der Waals surface area contributed by atoms with Gasteiger partial charge in [-0.15, -0.1) is 0 Å². The minimum absolute atomic E-state index is 0.0303. The molecule has 0 aliphatic heterocycles. The highest BCUT2D eigenvalue weighted by Gasteiger charge is 2.34. The Morgan fingerprint density at radius 3 is 2.32 bits per heavy atom. The van der Waals surface area contributed by atoms with Crippen molar-refractivity contribution in [2.75, 3.05) is 14.2 Å². The SMILES string of the molecule is CNC(C)c1ccc(OC)c(-c2ccccc2C(F)(F)F)c1. The molecule has 0 saturated heterocycles. The predicted molar refractivity (Wildman–Crippen MR) is 80.9 cm³/mol. The first kappa shape index (κ1) is 16.4. The number of halogens is 3. The molecule has 2 rings (SSSR count). The Morgan fingerprint density at radius 1 is 1.05 bits per heavy atom. The summed E-state index contributed by atoms with van der Waals surface area (Å²) in [5.74, 6) is 0.420. The maximum atomic E-state index is 13.2. The van der Waals surface area contributed by atoms with Crippen molar-refractivity contribution in [3.8, 4) is 16.9 Å². The molecule has 1 unspecified atom stereocenters. The highest BCUT2D eigenvalue weighted by atomic mass is 19.4. The molecule has 2 aromatic carbocycles. The van der Waals surface area contributed by atoms with E-state index < -0.39 is 11.7 Å². The van der Waals surface area contributed by atoms with E-state index in [1.165, 1.54) is 19.2 Å². The average molecular weight is 309 g/mol. The van der Waals surface area contributed by atoms with Crippen LogP contribution in [-0.2, 0) is 6.18 Å². The zero-order valence-corrected chi connectivity index (χ0v) is 12.7. The zero-order chi connectivity index (χ0) is 16.3. The fourth-order valence-corrected chi connectivity index (χ4v) is 2.34. The largest absolute Gasteiger partial charge is 0.496 e. The van der Waals surface area contributed by atoms with Crippen LogP contribution in [0.5, 0.6) is 5.75 Å². The monoisotopic (exact) mass is 309 g/mol. The zero-order valence-electron chi connectivity index (χ0n) is 12.7. The third kappa shape index (κ3) is 3.25. The van der Waals surface area contributed by atoms with Crippen molar-refractivity contribution in [3.05, 3.63) is 53.6 Å². The topological polar surface area (TPSA) is 21.3 Å². The van der Waals surface area contributed by atoms with Crippen LogP contribution in [0.4, 0.5) is 13.2 Å². The molecule has 0 heterocycles. The summed E-state index contributed by atoms with van der Waals surface area (Å²) >= 11 is 0. The quantitative estimate of drug-likeness (QED) is 0.887. The molecule has 0 spiro atoms. The summed E-state index contributed by atoms with van der Waals surface area (Å²) in [4.78, 5) is 0. The third-order valence-electron chi connectivity index (χ3n) is 3.68. The van der Waals surface area contributed by atoms with Crippen LogP contribution < -0.4 is 10.1 Å². The van der Waals surface area contributed by atoms with Crippen LogP contribution in [-0.4, -0.2) is 14.2 Å². The highest BCUT2D eigenvalue weighted by Crippen LogP contribution is 2.41. The van der Waals surface area contributed by atoms with Gasteiger partial charge >= 0.3 is 6.18 Å². The van der Waals surface area contributed by atoms with Gasteiger partial charge < -0.3 is 10.1 Å². The molecule has 0 fully saturated rings. The van der Waals surface area contributed by atoms with Gasteiger partial charge in [0, 0.05) is 11.6 Å². The first-order valence-electron chi connectivity index (χ1n) is 6.90. The van der Waals surface area contributed by atoms with Crippen LogP contribution in [0.3, 0.4) is 0 Å². The molecule has 2 nitrogen and oxygen atoms in total. The molecular weight excluding hydrogens is 291 g/mol. The van der Waals surface area contributed by atoms with Gasteiger partial charge in [0.15, 0.2) is 0 Å². The van der Waals surface area contributed by atoms with Crippen molar-refractivity contribution in [1.29, 1.82) is 0 Å². The Bertz CT molecular complexity index is 653. The van der Waals surface area contributed by atoms with Gasteiger partial charge in [-0.25, -0.2) is 0 Å². The standard InChI is InChI=1S/C17H18F3NO/c1-11(21-2)12-8-9-16(22-3)14(10-12)13-6-4-5-7-15(13)17(18,19)20/h4-11,21H,1-3H3. The van der Waals surface area contributed by atoms with Gasteiger partial charge in [0.2, 0.25) is 0 Å². The Kier molecular flexibility index (Phi) is 4.76. The summed E-state index contributed by atoms with van der Waals surface area (Å²) in [5.41, 5.74) is 0.796. The molecule has 5 heteroatoms. The van der Waals surface area contributed by atoms with Crippen molar-refractivity contribution in [2.45, 2.75) is 19.1 Å². The van der Waals surface area contributed by atoms with Gasteiger partial charge in [-0.3, -0.25) is 0 Å². The van der Waals surface area contributed by atoms with Gasteiger partial charge in [-0.1, -0.05) is 24.3 Å². The minimum atomic E-state index is -4.41. The molecule has 22 heavy (non-hydrogen) atoms. The van der Waals surface area contributed by atoms with Gasteiger partial charge in [-0.2, -0.15) is 13.2 Å². The van der Waals surface area contributed by atoms with Crippen LogP contribution in [0.2, 0.25) is 0 Å². The normalized spacial score (nSPS) is 13.0. The molecule has 0 amide bonds. The number of methoxy groups -OCH3 is 1. The minimum Gasteiger partial charge on any atom is -0.496 e. The predicted octanol–water partition coefficient (Wildman–Crippen LogP) is 4.66. The Labute approximate surface area is 127 Å². The molecule has 0 radical (unpaired) electrons. The summed E-state index contributed by atoms with van der Waals surface area (Å²) < 4.78 is 45.0. The molecule has 2 aromatic rings. The van der Waals surface area contributed by atoms with Crippen molar-refractivity contribution >= 4 is 0 Å². The fourth-order valence-electron chi connectivity index (χ4n) is 2.34. The van der Waals surface area contributed by atoms with Crippen LogP contribution in [0.25, 0.3) is 11.1 Å². The molecule has 0 aliphatic carbocycles. The molecule has 1 N–H and O–H groups in total. The summed E-state index contributed by atoms with van der Waals surface area (Å²) in [5, 5.41) is 3.08. The van der Waals surface area contributed by atoms with Gasteiger partial charge in [0.1, 0.15) is 5.75 Å². The number of hydrogen-bond acceptors (Lipinski definition) is 2. The average Bonchev–Trinajstić information content (AvgIpc) is 2.52. The Hall–Kier alpha value is -2.01. The maximum absolute atomic E-state index is 13.2. The van der Waals surface area contributed by atoms with Crippen LogP contribution >= 0.6 is 0 Å². The lowest BCUT2D eigenvalue weighted by molar-refractivity contribution is -0.137. The first-order chi connectivity index (χ1) is 10.4.